The minimum Gasteiger partial charge on any atom is -0.352 e. The van der Waals surface area contributed by atoms with E-state index in [1.165, 1.54) is 29.2 Å². The molecule has 134 valence electrons. The van der Waals surface area contributed by atoms with Gasteiger partial charge < -0.3 is 10.2 Å². The molecule has 0 radical (unpaired) electrons. The van der Waals surface area contributed by atoms with Gasteiger partial charge in [-0.05, 0) is 45.0 Å². The number of sulfone groups is 1. The number of benzene rings is 1. The molecule has 0 aliphatic carbocycles. The Kier molecular flexibility index (Phi) is 7.69. The van der Waals surface area contributed by atoms with Crippen LogP contribution in [0.5, 0.6) is 0 Å². The zero-order chi connectivity index (χ0) is 18.3. The normalized spacial score (nSPS) is 11.4. The number of nitrogens with zero attached hydrogens (tertiary/aromatic N) is 1. The number of carbonyl (C=O) groups excluding carboxylic acids is 2. The SMILES string of the molecule is CCN(CC(=O)NC(C)C)C(=O)CCS(=O)(=O)c1ccc(Cl)cc1. The number of likely N-dealkylation sites (N-methyl/N-ethyl adjacent to an activating group) is 1. The molecule has 0 unspecified atom stereocenters. The van der Waals surface area contributed by atoms with Crippen LogP contribution in [0, 0.1) is 0 Å². The molecule has 1 rings (SSSR count). The Balaban J connectivity index is 2.65. The Hall–Kier alpha value is -1.60. The summed E-state index contributed by atoms with van der Waals surface area (Å²) in [6.07, 6.45) is -0.173. The van der Waals surface area contributed by atoms with Gasteiger partial charge in [-0.2, -0.15) is 0 Å². The number of carbonyl (C=O) groups is 2. The van der Waals surface area contributed by atoms with Crippen LogP contribution in [0.15, 0.2) is 29.2 Å². The molecule has 0 bridgehead atoms. The predicted octanol–water partition coefficient (Wildman–Crippen LogP) is 1.88. The highest BCUT2D eigenvalue weighted by Crippen LogP contribution is 2.16. The third kappa shape index (κ3) is 6.49. The second-order valence-electron chi connectivity index (χ2n) is 5.65. The molecule has 2 amide bonds. The number of hydrogen-bond donors (Lipinski definition) is 1. The molecule has 0 fully saturated rings. The largest absolute Gasteiger partial charge is 0.352 e. The van der Waals surface area contributed by atoms with Gasteiger partial charge in [0.1, 0.15) is 0 Å². The van der Waals surface area contributed by atoms with Gasteiger partial charge in [-0.1, -0.05) is 11.6 Å². The van der Waals surface area contributed by atoms with E-state index in [1.54, 1.807) is 6.92 Å². The number of amides is 2. The number of nitrogens with one attached hydrogen (secondary N) is 1. The van der Waals surface area contributed by atoms with E-state index in [9.17, 15) is 18.0 Å². The first-order valence-corrected chi connectivity index (χ1v) is 9.74. The van der Waals surface area contributed by atoms with E-state index in [1.807, 2.05) is 13.8 Å². The standard InChI is InChI=1S/C16H23ClN2O4S/c1-4-19(11-15(20)18-12(2)3)16(21)9-10-24(22,23)14-7-5-13(17)6-8-14/h5-8,12H,4,9-11H2,1-3H3,(H,18,20). The fourth-order valence-corrected chi connectivity index (χ4v) is 3.41. The van der Waals surface area contributed by atoms with Crippen LogP contribution in [0.4, 0.5) is 0 Å². The van der Waals surface area contributed by atoms with Gasteiger partial charge in [-0.15, -0.1) is 0 Å². The van der Waals surface area contributed by atoms with E-state index in [2.05, 4.69) is 5.32 Å². The molecule has 6 nitrogen and oxygen atoms in total. The zero-order valence-electron chi connectivity index (χ0n) is 14.1. The van der Waals surface area contributed by atoms with Crippen LogP contribution in [0.2, 0.25) is 5.02 Å². The van der Waals surface area contributed by atoms with Crippen molar-refractivity contribution < 1.29 is 18.0 Å². The fraction of sp³-hybridized carbons (Fsp3) is 0.500. The van der Waals surface area contributed by atoms with E-state index in [4.69, 9.17) is 11.6 Å². The summed E-state index contributed by atoms with van der Waals surface area (Å²) in [6.45, 7) is 5.66. The molecule has 0 saturated heterocycles. The van der Waals surface area contributed by atoms with Crippen LogP contribution >= 0.6 is 11.6 Å². The van der Waals surface area contributed by atoms with Crippen molar-refractivity contribution in [2.24, 2.45) is 0 Å². The van der Waals surface area contributed by atoms with Gasteiger partial charge in [0.15, 0.2) is 9.84 Å². The third-order valence-corrected chi connectivity index (χ3v) is 5.26. The zero-order valence-corrected chi connectivity index (χ0v) is 15.7. The maximum Gasteiger partial charge on any atom is 0.239 e. The molecule has 0 saturated carbocycles. The van der Waals surface area contributed by atoms with Gasteiger partial charge in [0.2, 0.25) is 11.8 Å². The summed E-state index contributed by atoms with van der Waals surface area (Å²) in [6, 6.07) is 5.79. The number of halogens is 1. The Labute approximate surface area is 148 Å². The van der Waals surface area contributed by atoms with Crippen LogP contribution in [-0.4, -0.2) is 50.0 Å². The van der Waals surface area contributed by atoms with E-state index >= 15 is 0 Å². The molecule has 1 N–H and O–H groups in total. The summed E-state index contributed by atoms with van der Waals surface area (Å²) in [7, 11) is -3.57. The average Bonchev–Trinajstić information content (AvgIpc) is 2.50. The monoisotopic (exact) mass is 374 g/mol. The maximum absolute atomic E-state index is 12.2. The topological polar surface area (TPSA) is 83.6 Å². The molecule has 0 spiro atoms. The molecule has 1 aromatic carbocycles. The molecular formula is C16H23ClN2O4S. The van der Waals surface area contributed by atoms with Crippen molar-refractivity contribution in [1.29, 1.82) is 0 Å². The lowest BCUT2D eigenvalue weighted by Crippen LogP contribution is -2.43. The van der Waals surface area contributed by atoms with Crippen molar-refractivity contribution in [2.45, 2.75) is 38.1 Å². The first-order chi connectivity index (χ1) is 11.2. The minimum atomic E-state index is -3.57. The fourth-order valence-electron chi connectivity index (χ4n) is 2.06. The van der Waals surface area contributed by atoms with Crippen LogP contribution in [0.25, 0.3) is 0 Å². The Morgan fingerprint density at radius 1 is 1.21 bits per heavy atom. The van der Waals surface area contributed by atoms with Gasteiger partial charge in [-0.3, -0.25) is 9.59 Å². The lowest BCUT2D eigenvalue weighted by Gasteiger charge is -2.21. The molecule has 0 aromatic heterocycles. The molecule has 0 atom stereocenters. The van der Waals surface area contributed by atoms with Gasteiger partial charge in [0.05, 0.1) is 17.2 Å². The first-order valence-electron chi connectivity index (χ1n) is 7.71. The van der Waals surface area contributed by atoms with Crippen LogP contribution in [0.1, 0.15) is 27.2 Å². The predicted molar refractivity (Wildman–Crippen MR) is 93.7 cm³/mol. The van der Waals surface area contributed by atoms with Crippen molar-refractivity contribution in [1.82, 2.24) is 10.2 Å². The van der Waals surface area contributed by atoms with Crippen molar-refractivity contribution in [3.63, 3.8) is 0 Å². The molecule has 1 aromatic rings. The summed E-state index contributed by atoms with van der Waals surface area (Å²) in [5, 5.41) is 3.15. The molecule has 0 aliphatic rings. The lowest BCUT2D eigenvalue weighted by molar-refractivity contribution is -0.135. The maximum atomic E-state index is 12.2. The summed E-state index contributed by atoms with van der Waals surface area (Å²) >= 11 is 5.74. The summed E-state index contributed by atoms with van der Waals surface area (Å²) in [5.41, 5.74) is 0. The van der Waals surface area contributed by atoms with Crippen molar-refractivity contribution in [3.8, 4) is 0 Å². The Morgan fingerprint density at radius 3 is 2.29 bits per heavy atom. The Bertz CT molecular complexity index is 672. The van der Waals surface area contributed by atoms with Gasteiger partial charge in [0, 0.05) is 24.0 Å². The second-order valence-corrected chi connectivity index (χ2v) is 8.20. The summed E-state index contributed by atoms with van der Waals surface area (Å²) in [4.78, 5) is 25.4. The van der Waals surface area contributed by atoms with Crippen LogP contribution in [0.3, 0.4) is 0 Å². The van der Waals surface area contributed by atoms with Gasteiger partial charge >= 0.3 is 0 Å². The smallest absolute Gasteiger partial charge is 0.239 e. The van der Waals surface area contributed by atoms with Crippen molar-refractivity contribution in [3.05, 3.63) is 29.3 Å². The molecular weight excluding hydrogens is 352 g/mol. The molecule has 0 heterocycles. The summed E-state index contributed by atoms with van der Waals surface area (Å²) in [5.74, 6) is -0.940. The molecule has 24 heavy (non-hydrogen) atoms. The van der Waals surface area contributed by atoms with Crippen LogP contribution < -0.4 is 5.32 Å². The Morgan fingerprint density at radius 2 is 1.79 bits per heavy atom. The quantitative estimate of drug-likeness (QED) is 0.753. The van der Waals surface area contributed by atoms with Crippen molar-refractivity contribution >= 4 is 33.3 Å². The van der Waals surface area contributed by atoms with Gasteiger partial charge in [-0.25, -0.2) is 8.42 Å². The highest BCUT2D eigenvalue weighted by molar-refractivity contribution is 7.91. The van der Waals surface area contributed by atoms with E-state index in [-0.39, 0.29) is 41.5 Å². The minimum absolute atomic E-state index is 0.0170. The molecule has 0 aliphatic heterocycles. The molecule has 8 heteroatoms. The highest BCUT2D eigenvalue weighted by Gasteiger charge is 2.20. The van der Waals surface area contributed by atoms with E-state index in [0.717, 1.165) is 0 Å². The van der Waals surface area contributed by atoms with Crippen molar-refractivity contribution in [2.75, 3.05) is 18.8 Å². The number of hydrogen-bond acceptors (Lipinski definition) is 4. The van der Waals surface area contributed by atoms with E-state index in [0.29, 0.717) is 11.6 Å². The highest BCUT2D eigenvalue weighted by atomic mass is 35.5. The summed E-state index contributed by atoms with van der Waals surface area (Å²) < 4.78 is 24.5. The first kappa shape index (κ1) is 20.4. The lowest BCUT2D eigenvalue weighted by atomic mass is 10.3. The van der Waals surface area contributed by atoms with Crippen LogP contribution in [-0.2, 0) is 19.4 Å². The number of rotatable bonds is 8. The van der Waals surface area contributed by atoms with Gasteiger partial charge in [0.25, 0.3) is 0 Å². The second kappa shape index (κ2) is 9.03. The van der Waals surface area contributed by atoms with E-state index < -0.39 is 9.84 Å². The third-order valence-electron chi connectivity index (χ3n) is 3.28. The average molecular weight is 375 g/mol.